The Balaban J connectivity index is -0.000000628. The Labute approximate surface area is 284 Å². The Morgan fingerprint density at radius 2 is 1.35 bits per heavy atom. The number of rotatable bonds is 16. The van der Waals surface area contributed by atoms with Crippen LogP contribution in [0.1, 0.15) is 65.9 Å². The first kappa shape index (κ1) is 47.2. The Hall–Kier alpha value is -5.19. The predicted octanol–water partition coefficient (Wildman–Crippen LogP) is 7.12. The Morgan fingerprint density at radius 3 is 1.75 bits per heavy atom. The summed E-state index contributed by atoms with van der Waals surface area (Å²) < 4.78 is 18.4. The van der Waals surface area contributed by atoms with Crippen LogP contribution in [0.15, 0.2) is 97.4 Å². The number of hydrogen-bond acceptors (Lipinski definition) is 10. The molecule has 0 aliphatic carbocycles. The summed E-state index contributed by atoms with van der Waals surface area (Å²) in [6, 6.07) is 9.49. The van der Waals surface area contributed by atoms with Gasteiger partial charge in [0.25, 0.3) is 0 Å². The number of allylic oxidation sites excluding steroid dienone is 2. The molecule has 0 spiro atoms. The van der Waals surface area contributed by atoms with Crippen LogP contribution >= 0.6 is 0 Å². The fraction of sp³-hybridized carbons (Fsp3) is 0.378. The number of ether oxygens (including phenoxy) is 4. The smallest absolute Gasteiger partial charge is 0.372 e. The maximum atomic E-state index is 11.6. The number of carbonyl (C=O) groups excluding carboxylic acids is 4. The first-order chi connectivity index (χ1) is 22.6. The Kier molecular flexibility index (Phi) is 30.0. The molecule has 0 fully saturated rings. The van der Waals surface area contributed by atoms with E-state index in [2.05, 4.69) is 47.5 Å². The van der Waals surface area contributed by atoms with Crippen LogP contribution in [-0.2, 0) is 42.9 Å². The van der Waals surface area contributed by atoms with Gasteiger partial charge in [-0.25, -0.2) is 24.0 Å². The van der Waals surface area contributed by atoms with E-state index in [0.29, 0.717) is 18.8 Å². The lowest BCUT2D eigenvalue weighted by Crippen LogP contribution is -2.12. The number of benzene rings is 1. The van der Waals surface area contributed by atoms with Crippen LogP contribution in [0, 0.1) is 5.92 Å². The van der Waals surface area contributed by atoms with Crippen LogP contribution in [0.4, 0.5) is 0 Å². The minimum absolute atomic E-state index is 0.141. The van der Waals surface area contributed by atoms with Crippen molar-refractivity contribution in [3.05, 3.63) is 103 Å². The number of aliphatic carboxylic acids is 1. The lowest BCUT2D eigenvalue weighted by molar-refractivity contribution is -0.141. The molecule has 0 saturated carbocycles. The number of aliphatic hydroxyl groups is 1. The van der Waals surface area contributed by atoms with Crippen LogP contribution in [-0.4, -0.2) is 67.0 Å². The molecular weight excluding hydrogens is 620 g/mol. The van der Waals surface area contributed by atoms with Gasteiger partial charge in [0, 0.05) is 28.7 Å². The summed E-state index contributed by atoms with van der Waals surface area (Å²) in [5.41, 5.74) is 1.74. The third-order valence-electron chi connectivity index (χ3n) is 5.41. The monoisotopic (exact) mass is 672 g/mol. The summed E-state index contributed by atoms with van der Waals surface area (Å²) in [4.78, 5) is 53.7. The summed E-state index contributed by atoms with van der Waals surface area (Å²) in [5, 5.41) is 17.2. The SMILES string of the molecule is C=C(C(=O)OC)C(C=Cc1ccccc1)C=C(C)C(=O)O.C=C(C)C(=O)OCCCC.C=C(O)C(=O)OCC.C=CC(=O)OCCCC. The van der Waals surface area contributed by atoms with Crippen molar-refractivity contribution in [1.29, 1.82) is 0 Å². The van der Waals surface area contributed by atoms with E-state index < -0.39 is 29.6 Å². The van der Waals surface area contributed by atoms with Gasteiger partial charge in [0.05, 0.1) is 26.9 Å². The molecule has 0 aromatic heterocycles. The van der Waals surface area contributed by atoms with Gasteiger partial charge in [0.2, 0.25) is 0 Å². The highest BCUT2D eigenvalue weighted by atomic mass is 16.5. The van der Waals surface area contributed by atoms with Crippen LogP contribution in [0.2, 0.25) is 0 Å². The number of esters is 4. The fourth-order valence-corrected chi connectivity index (χ4v) is 2.68. The average molecular weight is 673 g/mol. The zero-order chi connectivity index (χ0) is 37.5. The molecule has 1 unspecified atom stereocenters. The summed E-state index contributed by atoms with van der Waals surface area (Å²) in [7, 11) is 1.26. The van der Waals surface area contributed by atoms with E-state index in [0.717, 1.165) is 31.2 Å². The molecule has 1 rings (SSSR count). The molecule has 1 aromatic rings. The number of carbonyl (C=O) groups is 5. The van der Waals surface area contributed by atoms with Crippen molar-refractivity contribution >= 4 is 35.9 Å². The minimum Gasteiger partial charge on any atom is -0.502 e. The van der Waals surface area contributed by atoms with E-state index in [9.17, 15) is 24.0 Å². The molecule has 0 aliphatic heterocycles. The highest BCUT2D eigenvalue weighted by Gasteiger charge is 2.16. The van der Waals surface area contributed by atoms with Crippen molar-refractivity contribution in [2.24, 2.45) is 5.92 Å². The van der Waals surface area contributed by atoms with E-state index in [-0.39, 0.29) is 29.7 Å². The van der Waals surface area contributed by atoms with E-state index in [4.69, 9.17) is 14.9 Å². The predicted molar refractivity (Wildman–Crippen MR) is 187 cm³/mol. The summed E-state index contributed by atoms with van der Waals surface area (Å²) in [6.07, 6.45) is 10.1. The van der Waals surface area contributed by atoms with Gasteiger partial charge < -0.3 is 29.2 Å². The molecule has 11 nitrogen and oxygen atoms in total. The quantitative estimate of drug-likeness (QED) is 0.0604. The van der Waals surface area contributed by atoms with Gasteiger partial charge in [0.1, 0.15) is 0 Å². The second kappa shape index (κ2) is 30.5. The highest BCUT2D eigenvalue weighted by Crippen LogP contribution is 2.18. The average Bonchev–Trinajstić information content (AvgIpc) is 3.07. The molecule has 1 atom stereocenters. The molecule has 0 radical (unpaired) electrons. The summed E-state index contributed by atoms with van der Waals surface area (Å²) >= 11 is 0. The molecule has 0 amide bonds. The van der Waals surface area contributed by atoms with Crippen LogP contribution in [0.5, 0.6) is 0 Å². The fourth-order valence-electron chi connectivity index (χ4n) is 2.68. The van der Waals surface area contributed by atoms with E-state index in [1.165, 1.54) is 26.2 Å². The zero-order valence-electron chi connectivity index (χ0n) is 29.1. The van der Waals surface area contributed by atoms with Gasteiger partial charge in [-0.05, 0) is 45.8 Å². The normalized spacial score (nSPS) is 10.5. The molecule has 0 bridgehead atoms. The first-order valence-corrected chi connectivity index (χ1v) is 15.2. The van der Waals surface area contributed by atoms with E-state index in [1.807, 2.05) is 43.3 Å². The Bertz CT molecular complexity index is 1240. The van der Waals surface area contributed by atoms with Gasteiger partial charge in [0.15, 0.2) is 5.76 Å². The minimum atomic E-state index is -1.04. The van der Waals surface area contributed by atoms with Crippen molar-refractivity contribution < 1.29 is 53.1 Å². The number of methoxy groups -OCH3 is 1. The number of hydrogen-bond donors (Lipinski definition) is 2. The largest absolute Gasteiger partial charge is 0.502 e. The molecular formula is C37H52O11. The van der Waals surface area contributed by atoms with Crippen LogP contribution < -0.4 is 0 Å². The van der Waals surface area contributed by atoms with Gasteiger partial charge in [-0.3, -0.25) is 0 Å². The van der Waals surface area contributed by atoms with E-state index in [1.54, 1.807) is 19.9 Å². The molecule has 48 heavy (non-hydrogen) atoms. The summed E-state index contributed by atoms with van der Waals surface area (Å²) in [6.45, 7) is 23.5. The highest BCUT2D eigenvalue weighted by molar-refractivity contribution is 5.91. The van der Waals surface area contributed by atoms with E-state index >= 15 is 0 Å². The van der Waals surface area contributed by atoms with Gasteiger partial charge >= 0.3 is 29.8 Å². The standard InChI is InChI=1S/C17H18O4.C8H14O2.C7H12O2.C5H8O3/c1-12(16(18)19)11-15(13(2)17(20)21-3)10-9-14-7-5-4-6-8-14;1-4-5-6-10-8(9)7(2)3;1-3-5-6-9-7(8)4-2;1-3-8-5(7)4(2)6/h4-11,15H,2H2,1,3H3,(H,18,19);2,4-6H2,1,3H3;4H,2-3,5-6H2,1H3;6H,2-3H2,1H3. The molecule has 11 heteroatoms. The molecule has 0 aliphatic rings. The van der Waals surface area contributed by atoms with Crippen LogP contribution in [0.25, 0.3) is 6.08 Å². The van der Waals surface area contributed by atoms with Gasteiger partial charge in [-0.15, -0.1) is 0 Å². The third kappa shape index (κ3) is 27.1. The second-order valence-electron chi connectivity index (χ2n) is 9.63. The number of unbranched alkanes of at least 4 members (excludes halogenated alkanes) is 2. The first-order valence-electron chi connectivity index (χ1n) is 15.2. The molecule has 266 valence electrons. The molecule has 0 heterocycles. The van der Waals surface area contributed by atoms with Crippen molar-refractivity contribution in [1.82, 2.24) is 0 Å². The van der Waals surface area contributed by atoms with Crippen molar-refractivity contribution in [2.75, 3.05) is 26.9 Å². The maximum absolute atomic E-state index is 11.6. The third-order valence-corrected chi connectivity index (χ3v) is 5.41. The Morgan fingerprint density at radius 1 is 0.812 bits per heavy atom. The van der Waals surface area contributed by atoms with Crippen molar-refractivity contribution in [3.8, 4) is 0 Å². The number of aliphatic hydroxyl groups excluding tert-OH is 1. The molecule has 1 aromatic carbocycles. The lowest BCUT2D eigenvalue weighted by Gasteiger charge is -2.10. The number of carboxylic acids is 1. The van der Waals surface area contributed by atoms with Crippen LogP contribution in [0.3, 0.4) is 0 Å². The summed E-state index contributed by atoms with van der Waals surface area (Å²) in [5.74, 6) is -4.05. The van der Waals surface area contributed by atoms with Crippen molar-refractivity contribution in [2.45, 2.75) is 60.3 Å². The molecule has 0 saturated heterocycles. The van der Waals surface area contributed by atoms with Crippen molar-refractivity contribution in [3.63, 3.8) is 0 Å². The lowest BCUT2D eigenvalue weighted by atomic mass is 9.96. The van der Waals surface area contributed by atoms with Gasteiger partial charge in [-0.2, -0.15) is 0 Å². The maximum Gasteiger partial charge on any atom is 0.372 e. The van der Waals surface area contributed by atoms with Gasteiger partial charge in [-0.1, -0.05) is 95.0 Å². The number of carboxylic acid groups (broad SMARTS) is 1. The molecule has 2 N–H and O–H groups in total. The zero-order valence-corrected chi connectivity index (χ0v) is 29.1. The second-order valence-corrected chi connectivity index (χ2v) is 9.63. The topological polar surface area (TPSA) is 163 Å².